The van der Waals surface area contributed by atoms with Crippen molar-refractivity contribution in [3.05, 3.63) is 34.9 Å². The zero-order valence-corrected chi connectivity index (χ0v) is 14.5. The second kappa shape index (κ2) is 11.2. The van der Waals surface area contributed by atoms with Gasteiger partial charge in [0.2, 0.25) is 5.91 Å². The fraction of sp³-hybridized carbons (Fsp3) is 0.556. The fourth-order valence-corrected chi connectivity index (χ4v) is 2.46. The molecule has 0 radical (unpaired) electrons. The molecule has 3 nitrogen and oxygen atoms in total. The van der Waals surface area contributed by atoms with Crippen LogP contribution in [0.4, 0.5) is 0 Å². The van der Waals surface area contributed by atoms with E-state index in [2.05, 4.69) is 17.5 Å². The van der Waals surface area contributed by atoms with E-state index >= 15 is 0 Å². The normalized spacial score (nSPS) is 11.5. The molecule has 122 valence electrons. The van der Waals surface area contributed by atoms with Crippen molar-refractivity contribution in [2.45, 2.75) is 65.2 Å². The number of benzene rings is 1. The topological polar surface area (TPSA) is 41.5 Å². The lowest BCUT2D eigenvalue weighted by Crippen LogP contribution is -2.19. The summed E-state index contributed by atoms with van der Waals surface area (Å²) in [6, 6.07) is 7.54. The van der Waals surface area contributed by atoms with Crippen molar-refractivity contribution in [2.75, 3.05) is 0 Å². The Morgan fingerprint density at radius 3 is 2.55 bits per heavy atom. The van der Waals surface area contributed by atoms with Crippen LogP contribution >= 0.6 is 11.6 Å². The first-order chi connectivity index (χ1) is 10.7. The van der Waals surface area contributed by atoms with Gasteiger partial charge in [-0.25, -0.2) is 5.43 Å². The quantitative estimate of drug-likeness (QED) is 0.353. The largest absolute Gasteiger partial charge is 0.273 e. The molecule has 22 heavy (non-hydrogen) atoms. The zero-order chi connectivity index (χ0) is 16.2. The highest BCUT2D eigenvalue weighted by molar-refractivity contribution is 6.31. The predicted molar refractivity (Wildman–Crippen MR) is 94.4 cm³/mol. The second-order valence-electron chi connectivity index (χ2n) is 5.48. The smallest absolute Gasteiger partial charge is 0.240 e. The van der Waals surface area contributed by atoms with Crippen LogP contribution < -0.4 is 5.43 Å². The summed E-state index contributed by atoms with van der Waals surface area (Å²) in [6.45, 7) is 4.22. The van der Waals surface area contributed by atoms with Crippen molar-refractivity contribution in [1.82, 2.24) is 5.43 Å². The molecule has 0 fully saturated rings. The van der Waals surface area contributed by atoms with Crippen LogP contribution in [0.1, 0.15) is 70.8 Å². The van der Waals surface area contributed by atoms with Gasteiger partial charge in [0.15, 0.2) is 0 Å². The minimum atomic E-state index is -0.0107. The molecule has 0 heterocycles. The van der Waals surface area contributed by atoms with Gasteiger partial charge in [-0.05, 0) is 30.5 Å². The molecule has 0 aromatic heterocycles. The van der Waals surface area contributed by atoms with E-state index in [4.69, 9.17) is 11.6 Å². The molecule has 4 heteroatoms. The molecule has 1 amide bonds. The first-order valence-electron chi connectivity index (χ1n) is 8.28. The van der Waals surface area contributed by atoms with Crippen molar-refractivity contribution in [2.24, 2.45) is 5.10 Å². The Hall–Kier alpha value is -1.35. The Morgan fingerprint density at radius 1 is 1.14 bits per heavy atom. The summed E-state index contributed by atoms with van der Waals surface area (Å²) in [5.41, 5.74) is 4.46. The Labute approximate surface area is 139 Å². The third-order valence-corrected chi connectivity index (χ3v) is 3.80. The third kappa shape index (κ3) is 7.60. The lowest BCUT2D eigenvalue weighted by molar-refractivity contribution is -0.121. The molecule has 0 spiro atoms. The van der Waals surface area contributed by atoms with Crippen LogP contribution in [0.3, 0.4) is 0 Å². The lowest BCUT2D eigenvalue weighted by Gasteiger charge is -2.06. The number of hydrogen-bond acceptors (Lipinski definition) is 2. The average molecular weight is 323 g/mol. The molecule has 1 N–H and O–H groups in total. The summed E-state index contributed by atoms with van der Waals surface area (Å²) in [5, 5.41) is 4.92. The maximum Gasteiger partial charge on any atom is 0.240 e. The minimum absolute atomic E-state index is 0.0107. The summed E-state index contributed by atoms with van der Waals surface area (Å²) < 4.78 is 0. The summed E-state index contributed by atoms with van der Waals surface area (Å²) in [4.78, 5) is 11.8. The molecular weight excluding hydrogens is 296 g/mol. The fourth-order valence-electron chi connectivity index (χ4n) is 2.27. The van der Waals surface area contributed by atoms with Crippen LogP contribution in [0.25, 0.3) is 0 Å². The van der Waals surface area contributed by atoms with Gasteiger partial charge in [0.05, 0.1) is 5.71 Å². The molecular formula is C18H27ClN2O. The van der Waals surface area contributed by atoms with Crippen molar-refractivity contribution in [3.63, 3.8) is 0 Å². The van der Waals surface area contributed by atoms with E-state index < -0.39 is 0 Å². The monoisotopic (exact) mass is 322 g/mol. The van der Waals surface area contributed by atoms with E-state index in [0.29, 0.717) is 11.4 Å². The maximum atomic E-state index is 11.8. The molecule has 0 aliphatic rings. The number of unbranched alkanes of at least 4 members (excludes halogenated alkanes) is 5. The van der Waals surface area contributed by atoms with Crippen molar-refractivity contribution in [1.29, 1.82) is 0 Å². The highest BCUT2D eigenvalue weighted by Gasteiger charge is 2.04. The number of amides is 1. The Balaban J connectivity index is 2.36. The minimum Gasteiger partial charge on any atom is -0.273 e. The van der Waals surface area contributed by atoms with Crippen LogP contribution in [0.15, 0.2) is 29.4 Å². The SMILES string of the molecule is CCCCCCCCC(=O)NN=C(CC)c1cccc(Cl)c1. The number of hydrazone groups is 1. The first-order valence-corrected chi connectivity index (χ1v) is 8.66. The molecule has 0 bridgehead atoms. The Kier molecular flexibility index (Phi) is 9.56. The van der Waals surface area contributed by atoms with E-state index in [1.54, 1.807) is 0 Å². The van der Waals surface area contributed by atoms with Gasteiger partial charge in [0, 0.05) is 11.4 Å². The number of rotatable bonds is 10. The van der Waals surface area contributed by atoms with Crippen LogP contribution in [-0.4, -0.2) is 11.6 Å². The molecule has 1 rings (SSSR count). The van der Waals surface area contributed by atoms with E-state index in [0.717, 1.165) is 30.5 Å². The third-order valence-electron chi connectivity index (χ3n) is 3.57. The molecule has 1 aromatic carbocycles. The van der Waals surface area contributed by atoms with Crippen LogP contribution in [0, 0.1) is 0 Å². The number of hydrogen-bond donors (Lipinski definition) is 1. The summed E-state index contributed by atoms with van der Waals surface area (Å²) in [5.74, 6) is -0.0107. The van der Waals surface area contributed by atoms with Crippen molar-refractivity contribution < 1.29 is 4.79 Å². The van der Waals surface area contributed by atoms with Gasteiger partial charge in [-0.1, -0.05) is 69.7 Å². The van der Waals surface area contributed by atoms with E-state index in [-0.39, 0.29) is 5.91 Å². The molecule has 1 aromatic rings. The van der Waals surface area contributed by atoms with Gasteiger partial charge >= 0.3 is 0 Å². The van der Waals surface area contributed by atoms with Gasteiger partial charge in [0.1, 0.15) is 0 Å². The van der Waals surface area contributed by atoms with Crippen LogP contribution in [0.2, 0.25) is 5.02 Å². The van der Waals surface area contributed by atoms with Gasteiger partial charge in [-0.3, -0.25) is 4.79 Å². The molecule has 0 atom stereocenters. The van der Waals surface area contributed by atoms with Gasteiger partial charge < -0.3 is 0 Å². The summed E-state index contributed by atoms with van der Waals surface area (Å²) in [6.07, 6.45) is 8.36. The van der Waals surface area contributed by atoms with E-state index in [1.165, 1.54) is 25.7 Å². The maximum absolute atomic E-state index is 11.8. The van der Waals surface area contributed by atoms with Crippen LogP contribution in [0.5, 0.6) is 0 Å². The lowest BCUT2D eigenvalue weighted by atomic mass is 10.1. The molecule has 0 saturated heterocycles. The first kappa shape index (κ1) is 18.7. The van der Waals surface area contributed by atoms with Crippen LogP contribution in [-0.2, 0) is 4.79 Å². The highest BCUT2D eigenvalue weighted by atomic mass is 35.5. The van der Waals surface area contributed by atoms with Gasteiger partial charge in [-0.2, -0.15) is 5.10 Å². The summed E-state index contributed by atoms with van der Waals surface area (Å²) in [7, 11) is 0. The predicted octanol–water partition coefficient (Wildman–Crippen LogP) is 5.32. The van der Waals surface area contributed by atoms with E-state index in [1.807, 2.05) is 31.2 Å². The number of halogens is 1. The second-order valence-corrected chi connectivity index (χ2v) is 5.91. The molecule has 0 aliphatic heterocycles. The van der Waals surface area contributed by atoms with Gasteiger partial charge in [0.25, 0.3) is 0 Å². The molecule has 0 saturated carbocycles. The van der Waals surface area contributed by atoms with E-state index in [9.17, 15) is 4.79 Å². The standard InChI is InChI=1S/C18H27ClN2O/c1-3-5-6-7-8-9-13-18(22)21-20-17(4-2)15-11-10-12-16(19)14-15/h10-12,14H,3-9,13H2,1-2H3,(H,21,22). The molecule has 0 unspecified atom stereocenters. The number of carbonyl (C=O) groups excluding carboxylic acids is 1. The number of nitrogens with one attached hydrogen (secondary N) is 1. The highest BCUT2D eigenvalue weighted by Crippen LogP contribution is 2.13. The van der Waals surface area contributed by atoms with Gasteiger partial charge in [-0.15, -0.1) is 0 Å². The number of nitrogens with zero attached hydrogens (tertiary/aromatic N) is 1. The summed E-state index contributed by atoms with van der Waals surface area (Å²) >= 11 is 5.99. The van der Waals surface area contributed by atoms with Crippen molar-refractivity contribution in [3.8, 4) is 0 Å². The van der Waals surface area contributed by atoms with Crippen molar-refractivity contribution >= 4 is 23.2 Å². The molecule has 0 aliphatic carbocycles. The Bertz CT molecular complexity index is 486. The average Bonchev–Trinajstić information content (AvgIpc) is 2.51. The zero-order valence-electron chi connectivity index (χ0n) is 13.7. The number of carbonyl (C=O) groups is 1. The Morgan fingerprint density at radius 2 is 1.86 bits per heavy atom.